The lowest BCUT2D eigenvalue weighted by Crippen LogP contribution is -2.37. The first-order chi connectivity index (χ1) is 9.89. The summed E-state index contributed by atoms with van der Waals surface area (Å²) >= 11 is 0. The van der Waals surface area contributed by atoms with Crippen LogP contribution in [0.15, 0.2) is 35.2 Å². The standard InChI is InChI=1S/C15H19NO4S/c1-12-8-10-16(11-9-12)21(19,20)14-5-2-13(3-6-14)4-7-15(17)18/h2-7,12H,8-11H2,1H3,(H,17,18)/b7-4-. The van der Waals surface area contributed by atoms with Gasteiger partial charge in [0.25, 0.3) is 0 Å². The van der Waals surface area contributed by atoms with Gasteiger partial charge in [0.15, 0.2) is 0 Å². The molecule has 1 aromatic carbocycles. The van der Waals surface area contributed by atoms with Gasteiger partial charge in [-0.15, -0.1) is 0 Å². The van der Waals surface area contributed by atoms with E-state index < -0.39 is 16.0 Å². The van der Waals surface area contributed by atoms with Crippen molar-refractivity contribution in [1.29, 1.82) is 0 Å². The van der Waals surface area contributed by atoms with Crippen molar-refractivity contribution in [2.24, 2.45) is 5.92 Å². The Kier molecular flexibility index (Phi) is 4.80. The van der Waals surface area contributed by atoms with E-state index in [1.54, 1.807) is 12.1 Å². The van der Waals surface area contributed by atoms with Crippen molar-refractivity contribution in [2.75, 3.05) is 13.1 Å². The lowest BCUT2D eigenvalue weighted by molar-refractivity contribution is -0.131. The molecule has 0 saturated carbocycles. The van der Waals surface area contributed by atoms with Gasteiger partial charge in [0.05, 0.1) is 4.90 Å². The molecule has 0 spiro atoms. The molecule has 1 fully saturated rings. The van der Waals surface area contributed by atoms with Gasteiger partial charge in [-0.1, -0.05) is 19.1 Å². The van der Waals surface area contributed by atoms with Crippen LogP contribution in [0.4, 0.5) is 0 Å². The molecule has 2 rings (SSSR count). The molecule has 114 valence electrons. The van der Waals surface area contributed by atoms with Crippen LogP contribution in [0.3, 0.4) is 0 Å². The Morgan fingerprint density at radius 3 is 2.33 bits per heavy atom. The fourth-order valence-corrected chi connectivity index (χ4v) is 3.76. The smallest absolute Gasteiger partial charge is 0.328 e. The van der Waals surface area contributed by atoms with Crippen molar-refractivity contribution in [2.45, 2.75) is 24.7 Å². The van der Waals surface area contributed by atoms with Crippen molar-refractivity contribution in [1.82, 2.24) is 4.31 Å². The van der Waals surface area contributed by atoms with Gasteiger partial charge in [0.2, 0.25) is 10.0 Å². The second-order valence-corrected chi connectivity index (χ2v) is 7.27. The Balaban J connectivity index is 2.15. The van der Waals surface area contributed by atoms with Crippen molar-refractivity contribution >= 4 is 22.1 Å². The Morgan fingerprint density at radius 2 is 1.81 bits per heavy atom. The van der Waals surface area contributed by atoms with E-state index in [0.29, 0.717) is 24.6 Å². The highest BCUT2D eigenvalue weighted by Crippen LogP contribution is 2.23. The number of carboxylic acids is 1. The molecule has 1 aliphatic rings. The maximum absolute atomic E-state index is 12.5. The van der Waals surface area contributed by atoms with Gasteiger partial charge < -0.3 is 5.11 Å². The average Bonchev–Trinajstić information content (AvgIpc) is 2.46. The minimum Gasteiger partial charge on any atom is -0.478 e. The fourth-order valence-electron chi connectivity index (χ4n) is 2.29. The molecule has 1 aliphatic heterocycles. The van der Waals surface area contributed by atoms with E-state index in [2.05, 4.69) is 6.92 Å². The predicted molar refractivity (Wildman–Crippen MR) is 80.3 cm³/mol. The zero-order valence-electron chi connectivity index (χ0n) is 11.9. The largest absolute Gasteiger partial charge is 0.478 e. The van der Waals surface area contributed by atoms with E-state index in [-0.39, 0.29) is 4.90 Å². The summed E-state index contributed by atoms with van der Waals surface area (Å²) in [4.78, 5) is 10.7. The Hall–Kier alpha value is -1.66. The summed E-state index contributed by atoms with van der Waals surface area (Å²) in [6, 6.07) is 6.27. The monoisotopic (exact) mass is 309 g/mol. The van der Waals surface area contributed by atoms with Crippen molar-refractivity contribution < 1.29 is 18.3 Å². The first-order valence-corrected chi connectivity index (χ1v) is 8.35. The SMILES string of the molecule is CC1CCN(S(=O)(=O)c2ccc(/C=C\C(=O)O)cc2)CC1. The number of carboxylic acid groups (broad SMARTS) is 1. The number of hydrogen-bond acceptors (Lipinski definition) is 3. The molecule has 0 radical (unpaired) electrons. The normalized spacial score (nSPS) is 18.1. The van der Waals surface area contributed by atoms with Crippen molar-refractivity contribution in [3.63, 3.8) is 0 Å². The van der Waals surface area contributed by atoms with E-state index in [9.17, 15) is 13.2 Å². The maximum Gasteiger partial charge on any atom is 0.328 e. The molecular formula is C15H19NO4S. The first kappa shape index (κ1) is 15.7. The van der Waals surface area contributed by atoms with Crippen molar-refractivity contribution in [3.05, 3.63) is 35.9 Å². The molecule has 0 unspecified atom stereocenters. The molecule has 1 aromatic rings. The van der Waals surface area contributed by atoms with Crippen LogP contribution in [-0.4, -0.2) is 36.9 Å². The second-order valence-electron chi connectivity index (χ2n) is 5.33. The number of aliphatic carboxylic acids is 1. The quantitative estimate of drug-likeness (QED) is 0.865. The van der Waals surface area contributed by atoms with Crippen LogP contribution >= 0.6 is 0 Å². The minimum atomic E-state index is -3.44. The molecule has 0 bridgehead atoms. The molecule has 6 heteroatoms. The molecule has 1 saturated heterocycles. The van der Waals surface area contributed by atoms with Crippen LogP contribution in [0, 0.1) is 5.92 Å². The molecule has 5 nitrogen and oxygen atoms in total. The Labute approximate surface area is 124 Å². The topological polar surface area (TPSA) is 74.7 Å². The van der Waals surface area contributed by atoms with Crippen LogP contribution in [0.1, 0.15) is 25.3 Å². The van der Waals surface area contributed by atoms with E-state index in [1.165, 1.54) is 22.5 Å². The van der Waals surface area contributed by atoms with Crippen molar-refractivity contribution in [3.8, 4) is 0 Å². The van der Waals surface area contributed by atoms with Gasteiger partial charge in [-0.25, -0.2) is 13.2 Å². The predicted octanol–water partition coefficient (Wildman–Crippen LogP) is 2.21. The summed E-state index contributed by atoms with van der Waals surface area (Å²) in [6.45, 7) is 3.25. The average molecular weight is 309 g/mol. The molecule has 0 amide bonds. The number of rotatable bonds is 4. The summed E-state index contributed by atoms with van der Waals surface area (Å²) in [6.07, 6.45) is 4.23. The molecule has 21 heavy (non-hydrogen) atoms. The highest BCUT2D eigenvalue weighted by molar-refractivity contribution is 7.89. The zero-order chi connectivity index (χ0) is 15.5. The van der Waals surface area contributed by atoms with Gasteiger partial charge in [0.1, 0.15) is 0 Å². The number of hydrogen-bond donors (Lipinski definition) is 1. The summed E-state index contributed by atoms with van der Waals surface area (Å²) in [7, 11) is -3.44. The summed E-state index contributed by atoms with van der Waals surface area (Å²) < 4.78 is 26.5. The van der Waals surface area contributed by atoms with E-state index in [4.69, 9.17) is 5.11 Å². The minimum absolute atomic E-state index is 0.254. The number of nitrogens with zero attached hydrogens (tertiary/aromatic N) is 1. The molecular weight excluding hydrogens is 290 g/mol. The molecule has 1 heterocycles. The van der Waals surface area contributed by atoms with Gasteiger partial charge in [-0.3, -0.25) is 0 Å². The number of sulfonamides is 1. The van der Waals surface area contributed by atoms with Crippen LogP contribution < -0.4 is 0 Å². The lowest BCUT2D eigenvalue weighted by atomic mass is 10.0. The first-order valence-electron chi connectivity index (χ1n) is 6.91. The fraction of sp³-hybridized carbons (Fsp3) is 0.400. The van der Waals surface area contributed by atoms with Crippen LogP contribution in [0.5, 0.6) is 0 Å². The Morgan fingerprint density at radius 1 is 1.24 bits per heavy atom. The number of piperidine rings is 1. The van der Waals surface area contributed by atoms with Gasteiger partial charge in [-0.2, -0.15) is 4.31 Å². The third-order valence-electron chi connectivity index (χ3n) is 3.68. The molecule has 0 aliphatic carbocycles. The van der Waals surface area contributed by atoms with Gasteiger partial charge >= 0.3 is 5.97 Å². The molecule has 0 aromatic heterocycles. The third-order valence-corrected chi connectivity index (χ3v) is 5.59. The van der Waals surface area contributed by atoms with E-state index in [0.717, 1.165) is 18.9 Å². The zero-order valence-corrected chi connectivity index (χ0v) is 12.7. The molecule has 1 N–H and O–H groups in total. The highest BCUT2D eigenvalue weighted by atomic mass is 32.2. The van der Waals surface area contributed by atoms with Crippen LogP contribution in [0.2, 0.25) is 0 Å². The van der Waals surface area contributed by atoms with E-state index >= 15 is 0 Å². The summed E-state index contributed by atoms with van der Waals surface area (Å²) in [5.74, 6) is -0.464. The summed E-state index contributed by atoms with van der Waals surface area (Å²) in [5, 5.41) is 8.56. The van der Waals surface area contributed by atoms with E-state index in [1.807, 2.05) is 0 Å². The van der Waals surface area contributed by atoms with Crippen LogP contribution in [-0.2, 0) is 14.8 Å². The number of benzene rings is 1. The lowest BCUT2D eigenvalue weighted by Gasteiger charge is -2.29. The number of carbonyl (C=O) groups is 1. The highest BCUT2D eigenvalue weighted by Gasteiger charge is 2.27. The molecule has 0 atom stereocenters. The maximum atomic E-state index is 12.5. The van der Waals surface area contributed by atoms with Gasteiger partial charge in [-0.05, 0) is 42.5 Å². The van der Waals surface area contributed by atoms with Gasteiger partial charge in [0, 0.05) is 19.2 Å². The second kappa shape index (κ2) is 6.41. The third kappa shape index (κ3) is 3.92. The Bertz CT molecular complexity index is 626. The summed E-state index contributed by atoms with van der Waals surface area (Å²) in [5.41, 5.74) is 0.656. The van der Waals surface area contributed by atoms with Crippen LogP contribution in [0.25, 0.3) is 6.08 Å².